The minimum atomic E-state index is -0.602. The minimum absolute atomic E-state index is 0.0187. The highest BCUT2D eigenvalue weighted by Gasteiger charge is 2.23. The molecule has 5 aromatic rings. The number of aromatic amines is 1. The molecule has 4 aromatic heterocycles. The number of tetrazole rings is 1. The van der Waals surface area contributed by atoms with E-state index in [-0.39, 0.29) is 17.0 Å². The number of anilines is 2. The third kappa shape index (κ3) is 3.52. The van der Waals surface area contributed by atoms with Crippen molar-refractivity contribution >= 4 is 22.4 Å². The van der Waals surface area contributed by atoms with Crippen LogP contribution in [-0.4, -0.2) is 44.9 Å². The Kier molecular flexibility index (Phi) is 5.00. The van der Waals surface area contributed by atoms with Crippen molar-refractivity contribution in [1.82, 2.24) is 44.9 Å². The second-order valence-corrected chi connectivity index (χ2v) is 7.77. The molecular weight excluding hydrogens is 441 g/mol. The SMILES string of the molecule is Cc1cc(-n2c(C(C)Nc3ncnc(N)c3-c3nnn(C)n3)cc3cccc(F)c3c2=O)n[nH]1. The topological polar surface area (TPSA) is 158 Å². The van der Waals surface area contributed by atoms with Gasteiger partial charge in [-0.2, -0.15) is 9.90 Å². The van der Waals surface area contributed by atoms with E-state index in [1.807, 2.05) is 13.8 Å². The van der Waals surface area contributed by atoms with E-state index in [0.717, 1.165) is 5.69 Å². The lowest BCUT2D eigenvalue weighted by Crippen LogP contribution is -2.26. The number of benzene rings is 1. The third-order valence-corrected chi connectivity index (χ3v) is 5.35. The summed E-state index contributed by atoms with van der Waals surface area (Å²) < 4.78 is 16.0. The number of aromatic nitrogens is 9. The van der Waals surface area contributed by atoms with Gasteiger partial charge in [0.1, 0.15) is 29.3 Å². The molecule has 0 amide bonds. The first-order valence-electron chi connectivity index (χ1n) is 10.3. The largest absolute Gasteiger partial charge is 0.383 e. The highest BCUT2D eigenvalue weighted by molar-refractivity contribution is 5.83. The van der Waals surface area contributed by atoms with Gasteiger partial charge in [-0.3, -0.25) is 14.5 Å². The first kappa shape index (κ1) is 21.2. The van der Waals surface area contributed by atoms with E-state index < -0.39 is 17.4 Å². The van der Waals surface area contributed by atoms with Crippen molar-refractivity contribution in [3.8, 4) is 17.2 Å². The maximum atomic E-state index is 14.6. The first-order chi connectivity index (χ1) is 16.3. The Balaban J connectivity index is 1.67. The van der Waals surface area contributed by atoms with E-state index in [0.29, 0.717) is 28.3 Å². The summed E-state index contributed by atoms with van der Waals surface area (Å²) in [5.74, 6) is 0.504. The van der Waals surface area contributed by atoms with Gasteiger partial charge in [-0.25, -0.2) is 14.4 Å². The zero-order chi connectivity index (χ0) is 24.0. The lowest BCUT2D eigenvalue weighted by Gasteiger charge is -2.21. The molecule has 0 aliphatic carbocycles. The zero-order valence-electron chi connectivity index (χ0n) is 18.5. The average molecular weight is 461 g/mol. The van der Waals surface area contributed by atoms with Crippen molar-refractivity contribution in [2.75, 3.05) is 11.1 Å². The van der Waals surface area contributed by atoms with Crippen molar-refractivity contribution in [2.24, 2.45) is 7.05 Å². The van der Waals surface area contributed by atoms with Gasteiger partial charge in [0, 0.05) is 11.8 Å². The maximum Gasteiger partial charge on any atom is 0.267 e. The van der Waals surface area contributed by atoms with E-state index in [1.165, 1.54) is 21.8 Å². The number of fused-ring (bicyclic) bond motifs is 1. The molecular formula is C21H20FN11O. The van der Waals surface area contributed by atoms with Crippen molar-refractivity contribution in [2.45, 2.75) is 19.9 Å². The Hall–Kier alpha value is -4.68. The van der Waals surface area contributed by atoms with E-state index in [2.05, 4.69) is 40.9 Å². The molecule has 0 saturated heterocycles. The molecule has 4 N–H and O–H groups in total. The molecule has 4 heterocycles. The van der Waals surface area contributed by atoms with E-state index in [9.17, 15) is 9.18 Å². The van der Waals surface area contributed by atoms with Crippen LogP contribution in [0.4, 0.5) is 16.0 Å². The van der Waals surface area contributed by atoms with Gasteiger partial charge in [0.15, 0.2) is 5.82 Å². The quantitative estimate of drug-likeness (QED) is 0.355. The third-order valence-electron chi connectivity index (χ3n) is 5.35. The number of H-pyrrole nitrogens is 1. The molecule has 34 heavy (non-hydrogen) atoms. The standard InChI is InChI=1S/C21H20FN11O/c1-10-7-15(28-27-10)33-14(8-12-5-4-6-13(22)16(12)21(33)34)11(2)26-19-17(18(23)24-9-25-19)20-29-31-32(3)30-20/h4-9,11H,1-3H3,(H,27,28)(H3,23,24,25,26). The van der Waals surface area contributed by atoms with Crippen LogP contribution in [0.5, 0.6) is 0 Å². The summed E-state index contributed by atoms with van der Waals surface area (Å²) in [5.41, 5.74) is 7.23. The van der Waals surface area contributed by atoms with Gasteiger partial charge in [0.25, 0.3) is 5.56 Å². The fraction of sp³-hybridized carbons (Fsp3) is 0.190. The van der Waals surface area contributed by atoms with Crippen LogP contribution >= 0.6 is 0 Å². The normalized spacial score (nSPS) is 12.2. The molecule has 12 nitrogen and oxygen atoms in total. The minimum Gasteiger partial charge on any atom is -0.383 e. The lowest BCUT2D eigenvalue weighted by atomic mass is 10.1. The molecule has 1 atom stereocenters. The Labute approximate surface area is 191 Å². The number of pyridine rings is 1. The van der Waals surface area contributed by atoms with Gasteiger partial charge in [-0.1, -0.05) is 12.1 Å². The van der Waals surface area contributed by atoms with Crippen LogP contribution in [0.1, 0.15) is 24.4 Å². The zero-order valence-corrected chi connectivity index (χ0v) is 18.5. The lowest BCUT2D eigenvalue weighted by molar-refractivity contribution is 0.630. The summed E-state index contributed by atoms with van der Waals surface area (Å²) in [6.45, 7) is 3.65. The van der Waals surface area contributed by atoms with Gasteiger partial charge < -0.3 is 11.1 Å². The van der Waals surface area contributed by atoms with Crippen LogP contribution in [0.25, 0.3) is 28.0 Å². The number of hydrogen-bond acceptors (Lipinski definition) is 9. The smallest absolute Gasteiger partial charge is 0.267 e. The summed E-state index contributed by atoms with van der Waals surface area (Å²) in [5, 5.41) is 22.8. The Morgan fingerprint density at radius 2 is 2.06 bits per heavy atom. The number of hydrogen-bond donors (Lipinski definition) is 3. The van der Waals surface area contributed by atoms with Crippen LogP contribution in [-0.2, 0) is 7.05 Å². The molecule has 0 bridgehead atoms. The van der Waals surface area contributed by atoms with Gasteiger partial charge in [-0.15, -0.1) is 10.2 Å². The predicted octanol–water partition coefficient (Wildman–Crippen LogP) is 1.90. The van der Waals surface area contributed by atoms with Crippen LogP contribution in [0.15, 0.2) is 41.5 Å². The van der Waals surface area contributed by atoms with E-state index >= 15 is 0 Å². The monoisotopic (exact) mass is 461 g/mol. The first-order valence-corrected chi connectivity index (χ1v) is 10.3. The van der Waals surface area contributed by atoms with Gasteiger partial charge in [0.2, 0.25) is 5.82 Å². The molecule has 0 spiro atoms. The van der Waals surface area contributed by atoms with Crippen molar-refractivity contribution in [3.63, 3.8) is 0 Å². The van der Waals surface area contributed by atoms with Gasteiger partial charge in [0.05, 0.1) is 24.2 Å². The molecule has 1 unspecified atom stereocenters. The molecule has 0 radical (unpaired) electrons. The van der Waals surface area contributed by atoms with Crippen LogP contribution < -0.4 is 16.6 Å². The Bertz CT molecular complexity index is 1590. The fourth-order valence-corrected chi connectivity index (χ4v) is 3.81. The van der Waals surface area contributed by atoms with Crippen LogP contribution in [0, 0.1) is 12.7 Å². The van der Waals surface area contributed by atoms with Crippen molar-refractivity contribution < 1.29 is 4.39 Å². The summed E-state index contributed by atoms with van der Waals surface area (Å²) >= 11 is 0. The summed E-state index contributed by atoms with van der Waals surface area (Å²) in [7, 11) is 1.63. The number of nitrogens with zero attached hydrogens (tertiary/aromatic N) is 8. The predicted molar refractivity (Wildman–Crippen MR) is 123 cm³/mol. The van der Waals surface area contributed by atoms with Crippen LogP contribution in [0.2, 0.25) is 0 Å². The van der Waals surface area contributed by atoms with Crippen LogP contribution in [0.3, 0.4) is 0 Å². The van der Waals surface area contributed by atoms with Gasteiger partial charge in [-0.05, 0) is 36.6 Å². The molecule has 172 valence electrons. The van der Waals surface area contributed by atoms with E-state index in [1.54, 1.807) is 31.3 Å². The number of nitrogen functional groups attached to an aromatic ring is 1. The van der Waals surface area contributed by atoms with Crippen molar-refractivity contribution in [1.29, 1.82) is 0 Å². The maximum absolute atomic E-state index is 14.6. The summed E-state index contributed by atoms with van der Waals surface area (Å²) in [4.78, 5) is 23.1. The number of halogens is 1. The molecule has 1 aromatic carbocycles. The fourth-order valence-electron chi connectivity index (χ4n) is 3.81. The molecule has 0 aliphatic heterocycles. The number of nitrogens with two attached hydrogens (primary N) is 1. The number of nitrogens with one attached hydrogen (secondary N) is 2. The summed E-state index contributed by atoms with van der Waals surface area (Å²) in [6, 6.07) is 7.46. The highest BCUT2D eigenvalue weighted by Crippen LogP contribution is 2.31. The van der Waals surface area contributed by atoms with Gasteiger partial charge >= 0.3 is 0 Å². The average Bonchev–Trinajstić information content (AvgIpc) is 3.41. The van der Waals surface area contributed by atoms with Crippen molar-refractivity contribution in [3.05, 3.63) is 64.2 Å². The molecule has 5 rings (SSSR count). The number of aryl methyl sites for hydroxylation is 2. The highest BCUT2D eigenvalue weighted by atomic mass is 19.1. The molecule has 0 aliphatic rings. The summed E-state index contributed by atoms with van der Waals surface area (Å²) in [6.07, 6.45) is 1.31. The Morgan fingerprint density at radius 1 is 1.24 bits per heavy atom. The Morgan fingerprint density at radius 3 is 2.76 bits per heavy atom. The second-order valence-electron chi connectivity index (χ2n) is 7.77. The van der Waals surface area contributed by atoms with E-state index in [4.69, 9.17) is 5.73 Å². The number of rotatable bonds is 5. The molecule has 0 fully saturated rings. The molecule has 13 heteroatoms. The second kappa shape index (κ2) is 8.03. The molecule has 0 saturated carbocycles.